The number of benzene rings is 3. The molecule has 2 aromatic heterocycles. The first-order valence-corrected chi connectivity index (χ1v) is 16.5. The number of amides is 2. The molecule has 0 fully saturated rings. The fraction of sp³-hybridized carbons (Fsp3) is 0.289. The van der Waals surface area contributed by atoms with Gasteiger partial charge >= 0.3 is 0 Å². The topological polar surface area (TPSA) is 102 Å². The first kappa shape index (κ1) is 29.9. The highest BCUT2D eigenvalue weighted by Gasteiger charge is 2.34. The molecule has 10 heteroatoms. The number of aromatic nitrogens is 3. The number of nitrogens with zero attached hydrogens (tertiary/aromatic N) is 5. The molecule has 5 heterocycles. The number of carbonyl (C=O) groups is 2. The Kier molecular flexibility index (Phi) is 7.43. The number of phenols is 1. The third kappa shape index (κ3) is 5.17. The number of anilines is 2. The Balaban J connectivity index is 1.26. The van der Waals surface area contributed by atoms with Crippen LogP contribution in [0.4, 0.5) is 11.4 Å². The molecule has 1 N–H and O–H groups in total. The Morgan fingerprint density at radius 3 is 2.42 bits per heavy atom. The average Bonchev–Trinajstić information content (AvgIpc) is 3.71. The van der Waals surface area contributed by atoms with Crippen molar-refractivity contribution in [2.24, 2.45) is 7.05 Å². The molecular weight excluding hydrogens is 606 g/mol. The lowest BCUT2D eigenvalue weighted by Crippen LogP contribution is -2.42. The molecule has 8 rings (SSSR count). The van der Waals surface area contributed by atoms with Gasteiger partial charge in [-0.05, 0) is 86.2 Å². The minimum Gasteiger partial charge on any atom is -0.508 e. The second kappa shape index (κ2) is 11.9. The van der Waals surface area contributed by atoms with Crippen LogP contribution >= 0.6 is 0 Å². The number of ether oxygens (including phenoxy) is 2. The molecule has 48 heavy (non-hydrogen) atoms. The van der Waals surface area contributed by atoms with Gasteiger partial charge in [-0.1, -0.05) is 24.3 Å². The van der Waals surface area contributed by atoms with Gasteiger partial charge in [-0.25, -0.2) is 0 Å². The lowest BCUT2D eigenvalue weighted by atomic mass is 9.93. The van der Waals surface area contributed by atoms with E-state index in [1.165, 1.54) is 5.56 Å². The van der Waals surface area contributed by atoms with Gasteiger partial charge in [0.1, 0.15) is 19.0 Å². The Morgan fingerprint density at radius 1 is 0.917 bits per heavy atom. The monoisotopic (exact) mass is 643 g/mol. The zero-order valence-electron chi connectivity index (χ0n) is 27.1. The fourth-order valence-corrected chi connectivity index (χ4v) is 7.30. The smallest absolute Gasteiger partial charge is 0.264 e. The predicted molar refractivity (Wildman–Crippen MR) is 181 cm³/mol. The second-order valence-electron chi connectivity index (χ2n) is 12.8. The molecule has 244 valence electrons. The summed E-state index contributed by atoms with van der Waals surface area (Å²) in [7, 11) is 1.81. The van der Waals surface area contributed by atoms with Crippen LogP contribution in [0.3, 0.4) is 0 Å². The van der Waals surface area contributed by atoms with Gasteiger partial charge in [0.15, 0.2) is 11.5 Å². The van der Waals surface area contributed by atoms with Crippen LogP contribution in [0.1, 0.15) is 57.3 Å². The average molecular weight is 644 g/mol. The second-order valence-corrected chi connectivity index (χ2v) is 12.8. The van der Waals surface area contributed by atoms with Crippen LogP contribution < -0.4 is 14.4 Å². The maximum absolute atomic E-state index is 14.7. The molecule has 5 aromatic rings. The zero-order chi connectivity index (χ0) is 32.9. The summed E-state index contributed by atoms with van der Waals surface area (Å²) in [5.74, 6) is 0.963. The van der Waals surface area contributed by atoms with E-state index in [-0.39, 0.29) is 23.6 Å². The highest BCUT2D eigenvalue weighted by Crippen LogP contribution is 2.42. The van der Waals surface area contributed by atoms with Crippen molar-refractivity contribution in [1.29, 1.82) is 0 Å². The van der Waals surface area contributed by atoms with Crippen LogP contribution in [0.5, 0.6) is 17.2 Å². The van der Waals surface area contributed by atoms with Crippen molar-refractivity contribution < 1.29 is 24.2 Å². The molecule has 10 nitrogen and oxygen atoms in total. The third-order valence-corrected chi connectivity index (χ3v) is 9.70. The lowest BCUT2D eigenvalue weighted by molar-refractivity contribution is 0.0657. The van der Waals surface area contributed by atoms with Crippen molar-refractivity contribution in [3.63, 3.8) is 0 Å². The molecule has 0 saturated carbocycles. The molecule has 0 bridgehead atoms. The molecule has 0 spiro atoms. The van der Waals surface area contributed by atoms with Crippen LogP contribution in [0.15, 0.2) is 79.1 Å². The standard InChI is InChI=1S/C38H37N5O5/c1-24-17-25-7-3-4-8-26(25)22-42(24)37(45)31-20-36-35(47-15-16-48-36)19-30(31)34-18-32(33-9-5-6-14-41(33)34)38(46)43(28-21-39-40(2)23-28)27-10-12-29(44)13-11-27/h3-4,7-8,10-13,18-21,23-24,44H,5-6,9,14-17,22H2,1-2H3/t24-/m1/s1. The lowest BCUT2D eigenvalue weighted by Gasteiger charge is -2.35. The van der Waals surface area contributed by atoms with E-state index in [1.54, 1.807) is 46.2 Å². The summed E-state index contributed by atoms with van der Waals surface area (Å²) in [5, 5.41) is 14.3. The molecule has 3 aliphatic rings. The molecule has 1 atom stereocenters. The molecule has 2 amide bonds. The van der Waals surface area contributed by atoms with Gasteiger partial charge in [-0.15, -0.1) is 0 Å². The third-order valence-electron chi connectivity index (χ3n) is 9.70. The number of aromatic hydroxyl groups is 1. The maximum Gasteiger partial charge on any atom is 0.264 e. The SMILES string of the molecule is C[C@@H]1Cc2ccccc2CN1C(=O)c1cc2c(cc1-c1cc(C(=O)N(c3ccc(O)cc3)c3cnn(C)c3)c3n1CCCC3)OCCO2. The number of rotatable bonds is 5. The van der Waals surface area contributed by atoms with E-state index in [4.69, 9.17) is 9.47 Å². The summed E-state index contributed by atoms with van der Waals surface area (Å²) in [5.41, 5.74) is 7.19. The van der Waals surface area contributed by atoms with E-state index in [0.29, 0.717) is 53.8 Å². The largest absolute Gasteiger partial charge is 0.508 e. The van der Waals surface area contributed by atoms with Crippen LogP contribution in [0, 0.1) is 0 Å². The summed E-state index contributed by atoms with van der Waals surface area (Å²) in [6, 6.07) is 20.6. The van der Waals surface area contributed by atoms with E-state index >= 15 is 0 Å². The van der Waals surface area contributed by atoms with Crippen LogP contribution in [0.25, 0.3) is 11.3 Å². The maximum atomic E-state index is 14.7. The minimum absolute atomic E-state index is 0.00479. The first-order valence-electron chi connectivity index (χ1n) is 16.5. The van der Waals surface area contributed by atoms with E-state index < -0.39 is 0 Å². The number of aryl methyl sites for hydroxylation is 1. The zero-order valence-corrected chi connectivity index (χ0v) is 27.1. The number of hydrogen-bond donors (Lipinski definition) is 1. The number of hydrogen-bond acceptors (Lipinski definition) is 6. The van der Waals surface area contributed by atoms with Crippen molar-refractivity contribution in [3.05, 3.63) is 107 Å². The van der Waals surface area contributed by atoms with E-state index in [0.717, 1.165) is 54.7 Å². The van der Waals surface area contributed by atoms with Crippen LogP contribution in [-0.4, -0.2) is 55.4 Å². The van der Waals surface area contributed by atoms with Crippen LogP contribution in [0.2, 0.25) is 0 Å². The highest BCUT2D eigenvalue weighted by molar-refractivity contribution is 6.12. The van der Waals surface area contributed by atoms with Gasteiger partial charge < -0.3 is 24.0 Å². The quantitative estimate of drug-likeness (QED) is 0.242. The molecule has 0 saturated heterocycles. The number of fused-ring (bicyclic) bond motifs is 3. The fourth-order valence-electron chi connectivity index (χ4n) is 7.30. The molecule has 0 aliphatic carbocycles. The predicted octanol–water partition coefficient (Wildman–Crippen LogP) is 6.27. The molecule has 0 radical (unpaired) electrons. The van der Waals surface area contributed by atoms with Crippen LogP contribution in [-0.2, 0) is 33.0 Å². The Hall–Kier alpha value is -5.51. The Labute approximate surface area is 278 Å². The number of carbonyl (C=O) groups excluding carboxylic acids is 2. The first-order chi connectivity index (χ1) is 23.4. The number of phenolic OH excluding ortho intramolecular Hbond substituents is 1. The summed E-state index contributed by atoms with van der Waals surface area (Å²) in [4.78, 5) is 32.9. The Morgan fingerprint density at radius 2 is 1.67 bits per heavy atom. The van der Waals surface area contributed by atoms with Crippen molar-refractivity contribution >= 4 is 23.2 Å². The Bertz CT molecular complexity index is 2040. The van der Waals surface area contributed by atoms with Gasteiger partial charge in [-0.3, -0.25) is 19.2 Å². The van der Waals surface area contributed by atoms with Gasteiger partial charge in [-0.2, -0.15) is 5.10 Å². The molecule has 0 unspecified atom stereocenters. The van der Waals surface area contributed by atoms with Crippen molar-refractivity contribution in [3.8, 4) is 28.5 Å². The van der Waals surface area contributed by atoms with Gasteiger partial charge in [0.2, 0.25) is 0 Å². The molecular formula is C38H37N5O5. The minimum atomic E-state index is -0.211. The summed E-state index contributed by atoms with van der Waals surface area (Å²) >= 11 is 0. The van der Waals surface area contributed by atoms with Crippen molar-refractivity contribution in [2.45, 2.75) is 51.7 Å². The van der Waals surface area contributed by atoms with E-state index in [1.807, 2.05) is 42.3 Å². The van der Waals surface area contributed by atoms with Gasteiger partial charge in [0.05, 0.1) is 23.0 Å². The molecule has 3 aromatic carbocycles. The van der Waals surface area contributed by atoms with Gasteiger partial charge in [0.25, 0.3) is 11.8 Å². The molecule has 3 aliphatic heterocycles. The summed E-state index contributed by atoms with van der Waals surface area (Å²) < 4.78 is 15.9. The van der Waals surface area contributed by atoms with Crippen molar-refractivity contribution in [1.82, 2.24) is 19.2 Å². The summed E-state index contributed by atoms with van der Waals surface area (Å²) in [6.07, 6.45) is 6.87. The van der Waals surface area contributed by atoms with E-state index in [9.17, 15) is 14.7 Å². The van der Waals surface area contributed by atoms with Crippen molar-refractivity contribution in [2.75, 3.05) is 18.1 Å². The summed E-state index contributed by atoms with van der Waals surface area (Å²) in [6.45, 7) is 4.17. The normalized spacial score (nSPS) is 16.6. The highest BCUT2D eigenvalue weighted by atomic mass is 16.6. The van der Waals surface area contributed by atoms with Gasteiger partial charge in [0, 0.05) is 55.0 Å². The van der Waals surface area contributed by atoms with E-state index in [2.05, 4.69) is 28.7 Å².